The Kier molecular flexibility index (Phi) is 10.3. The molecule has 1 fully saturated rings. The molecule has 39 heavy (non-hydrogen) atoms. The number of ether oxygens (including phenoxy) is 1. The van der Waals surface area contributed by atoms with Gasteiger partial charge in [0, 0.05) is 26.1 Å². The van der Waals surface area contributed by atoms with Crippen molar-refractivity contribution < 1.29 is 9.53 Å². The van der Waals surface area contributed by atoms with E-state index in [1.54, 1.807) is 4.57 Å². The largest absolute Gasteiger partial charge is 0.463 e. The highest BCUT2D eigenvalue weighted by atomic mass is 16.5. The Morgan fingerprint density at radius 2 is 1.85 bits per heavy atom. The SMILES string of the molecule is CCCCOc1nc(N)c2[nH]c(=O)n(Cc3ccc(CN4CCC(CCNC(=O)CCNC)CC4)cc3)c2n1. The van der Waals surface area contributed by atoms with Crippen molar-refractivity contribution in [3.8, 4) is 6.01 Å². The molecule has 212 valence electrons. The van der Waals surface area contributed by atoms with Gasteiger partial charge in [0.15, 0.2) is 11.5 Å². The first-order valence-electron chi connectivity index (χ1n) is 14.1. The van der Waals surface area contributed by atoms with Crippen molar-refractivity contribution in [2.75, 3.05) is 45.6 Å². The van der Waals surface area contributed by atoms with Gasteiger partial charge in [-0.2, -0.15) is 9.97 Å². The molecular formula is C28H42N8O3. The van der Waals surface area contributed by atoms with Gasteiger partial charge < -0.3 is 26.1 Å². The number of aromatic nitrogens is 4. The van der Waals surface area contributed by atoms with E-state index >= 15 is 0 Å². The monoisotopic (exact) mass is 538 g/mol. The summed E-state index contributed by atoms with van der Waals surface area (Å²) in [6.45, 7) is 7.47. The molecule has 3 aromatic rings. The minimum atomic E-state index is -0.277. The second kappa shape index (κ2) is 14.1. The van der Waals surface area contributed by atoms with Crippen molar-refractivity contribution in [3.63, 3.8) is 0 Å². The molecule has 1 aliphatic heterocycles. The fraction of sp³-hybridized carbons (Fsp3) is 0.571. The molecule has 3 heterocycles. The van der Waals surface area contributed by atoms with Crippen molar-refractivity contribution in [1.82, 2.24) is 35.1 Å². The first-order valence-corrected chi connectivity index (χ1v) is 14.1. The number of hydrogen-bond acceptors (Lipinski definition) is 8. The number of H-pyrrole nitrogens is 1. The molecule has 11 heteroatoms. The molecular weight excluding hydrogens is 496 g/mol. The van der Waals surface area contributed by atoms with Gasteiger partial charge in [-0.1, -0.05) is 37.6 Å². The summed E-state index contributed by atoms with van der Waals surface area (Å²) < 4.78 is 7.20. The number of likely N-dealkylation sites (tertiary alicyclic amines) is 1. The zero-order chi connectivity index (χ0) is 27.6. The summed E-state index contributed by atoms with van der Waals surface area (Å²) in [5, 5.41) is 6.03. The molecule has 1 aliphatic rings. The Morgan fingerprint density at radius 3 is 2.54 bits per heavy atom. The van der Waals surface area contributed by atoms with Crippen LogP contribution in [-0.2, 0) is 17.9 Å². The fourth-order valence-electron chi connectivity index (χ4n) is 4.92. The number of benzene rings is 1. The van der Waals surface area contributed by atoms with Gasteiger partial charge in [0.05, 0.1) is 13.2 Å². The predicted octanol–water partition coefficient (Wildman–Crippen LogP) is 2.26. The van der Waals surface area contributed by atoms with Gasteiger partial charge in [0.2, 0.25) is 5.91 Å². The normalized spacial score (nSPS) is 14.6. The van der Waals surface area contributed by atoms with Gasteiger partial charge in [-0.05, 0) is 62.9 Å². The van der Waals surface area contributed by atoms with Crippen LogP contribution in [0.3, 0.4) is 0 Å². The second-order valence-corrected chi connectivity index (χ2v) is 10.3. The van der Waals surface area contributed by atoms with Crippen molar-refractivity contribution in [3.05, 3.63) is 45.9 Å². The number of aromatic amines is 1. The number of carbonyl (C=O) groups is 1. The lowest BCUT2D eigenvalue weighted by Gasteiger charge is -2.32. The molecule has 4 rings (SSSR count). The van der Waals surface area contributed by atoms with Gasteiger partial charge in [-0.3, -0.25) is 14.3 Å². The minimum Gasteiger partial charge on any atom is -0.463 e. The van der Waals surface area contributed by atoms with Crippen LogP contribution in [0.2, 0.25) is 0 Å². The van der Waals surface area contributed by atoms with Crippen LogP contribution in [0.4, 0.5) is 5.82 Å². The third-order valence-electron chi connectivity index (χ3n) is 7.31. The zero-order valence-electron chi connectivity index (χ0n) is 23.2. The summed E-state index contributed by atoms with van der Waals surface area (Å²) in [6, 6.07) is 8.57. The molecule has 0 bridgehead atoms. The molecule has 0 spiro atoms. The molecule has 0 saturated carbocycles. The molecule has 11 nitrogen and oxygen atoms in total. The van der Waals surface area contributed by atoms with Gasteiger partial charge in [0.25, 0.3) is 0 Å². The fourth-order valence-corrected chi connectivity index (χ4v) is 4.92. The number of rotatable bonds is 14. The van der Waals surface area contributed by atoms with Crippen molar-refractivity contribution >= 4 is 22.9 Å². The van der Waals surface area contributed by atoms with Crippen LogP contribution in [-0.4, -0.2) is 70.2 Å². The second-order valence-electron chi connectivity index (χ2n) is 10.3. The number of nitrogens with one attached hydrogen (secondary N) is 3. The maximum atomic E-state index is 12.7. The van der Waals surface area contributed by atoms with E-state index in [1.807, 2.05) is 7.05 Å². The standard InChI is InChI=1S/C28H42N8O3/c1-3-4-17-39-27-33-25(29)24-26(34-27)36(28(38)32-24)19-22-7-5-21(6-8-22)18-35-15-11-20(12-16-35)9-14-31-23(37)10-13-30-2/h5-8,20,30H,3-4,9-19H2,1-2H3,(H,31,37)(H,32,38)(H2,29,33,34). The van der Waals surface area contributed by atoms with Crippen LogP contribution in [0.1, 0.15) is 56.6 Å². The maximum absolute atomic E-state index is 12.7. The molecule has 1 amide bonds. The molecule has 0 unspecified atom stereocenters. The van der Waals surface area contributed by atoms with Crippen molar-refractivity contribution in [2.24, 2.45) is 5.92 Å². The Balaban J connectivity index is 1.28. The van der Waals surface area contributed by atoms with Crippen LogP contribution in [0.15, 0.2) is 29.1 Å². The molecule has 0 radical (unpaired) electrons. The lowest BCUT2D eigenvalue weighted by atomic mass is 9.93. The van der Waals surface area contributed by atoms with Crippen LogP contribution in [0.5, 0.6) is 6.01 Å². The van der Waals surface area contributed by atoms with Gasteiger partial charge >= 0.3 is 11.7 Å². The third kappa shape index (κ3) is 8.03. The van der Waals surface area contributed by atoms with E-state index in [2.05, 4.69) is 61.7 Å². The average molecular weight is 539 g/mol. The van der Waals surface area contributed by atoms with Crippen LogP contribution in [0, 0.1) is 5.92 Å². The van der Waals surface area contributed by atoms with E-state index in [1.165, 1.54) is 5.56 Å². The summed E-state index contributed by atoms with van der Waals surface area (Å²) in [4.78, 5) is 38.3. The number of amides is 1. The Labute approximate surface area is 229 Å². The van der Waals surface area contributed by atoms with Crippen LogP contribution in [0.25, 0.3) is 11.2 Å². The molecule has 0 atom stereocenters. The number of piperidine rings is 1. The van der Waals surface area contributed by atoms with E-state index in [0.29, 0.717) is 43.2 Å². The number of nitrogen functional groups attached to an aromatic ring is 1. The Hall–Kier alpha value is -3.44. The molecule has 0 aliphatic carbocycles. The first-order chi connectivity index (χ1) is 19.0. The minimum absolute atomic E-state index is 0.123. The molecule has 1 saturated heterocycles. The summed E-state index contributed by atoms with van der Waals surface area (Å²) >= 11 is 0. The highest BCUT2D eigenvalue weighted by Crippen LogP contribution is 2.22. The number of hydrogen-bond donors (Lipinski definition) is 4. The topological polar surface area (TPSA) is 143 Å². The van der Waals surface area contributed by atoms with Crippen molar-refractivity contribution in [1.29, 1.82) is 0 Å². The van der Waals surface area contributed by atoms with Crippen LogP contribution >= 0.6 is 0 Å². The lowest BCUT2D eigenvalue weighted by Crippen LogP contribution is -2.35. The zero-order valence-corrected chi connectivity index (χ0v) is 23.2. The highest BCUT2D eigenvalue weighted by molar-refractivity contribution is 5.82. The van der Waals surface area contributed by atoms with Gasteiger partial charge in [0.1, 0.15) is 5.52 Å². The van der Waals surface area contributed by atoms with E-state index in [0.717, 1.165) is 63.8 Å². The number of unbranched alkanes of at least 4 members (excludes halogenated alkanes) is 1. The summed E-state index contributed by atoms with van der Waals surface area (Å²) in [6.07, 6.45) is 5.78. The highest BCUT2D eigenvalue weighted by Gasteiger charge is 2.19. The number of anilines is 1. The lowest BCUT2D eigenvalue weighted by molar-refractivity contribution is -0.121. The van der Waals surface area contributed by atoms with E-state index in [9.17, 15) is 9.59 Å². The number of imidazole rings is 1. The van der Waals surface area contributed by atoms with E-state index < -0.39 is 0 Å². The summed E-state index contributed by atoms with van der Waals surface area (Å²) in [7, 11) is 1.86. The van der Waals surface area contributed by atoms with Crippen molar-refractivity contribution in [2.45, 2.75) is 58.5 Å². The number of fused-ring (bicyclic) bond motifs is 1. The quantitative estimate of drug-likeness (QED) is 0.229. The summed E-state index contributed by atoms with van der Waals surface area (Å²) in [5.41, 5.74) is 8.92. The van der Waals surface area contributed by atoms with Crippen LogP contribution < -0.4 is 26.8 Å². The summed E-state index contributed by atoms with van der Waals surface area (Å²) in [5.74, 6) is 0.993. The number of carbonyl (C=O) groups excluding carboxylic acids is 1. The Bertz CT molecular complexity index is 1260. The average Bonchev–Trinajstić information content (AvgIpc) is 3.25. The van der Waals surface area contributed by atoms with E-state index in [-0.39, 0.29) is 23.4 Å². The molecule has 2 aromatic heterocycles. The number of nitrogens with zero attached hydrogens (tertiary/aromatic N) is 4. The number of nitrogens with two attached hydrogens (primary N) is 1. The smallest absolute Gasteiger partial charge is 0.328 e. The third-order valence-corrected chi connectivity index (χ3v) is 7.31. The van der Waals surface area contributed by atoms with E-state index in [4.69, 9.17) is 10.5 Å². The maximum Gasteiger partial charge on any atom is 0.328 e. The Morgan fingerprint density at radius 1 is 1.13 bits per heavy atom. The van der Waals surface area contributed by atoms with Gasteiger partial charge in [-0.25, -0.2) is 4.79 Å². The molecule has 5 N–H and O–H groups in total. The van der Waals surface area contributed by atoms with Gasteiger partial charge in [-0.15, -0.1) is 0 Å². The predicted molar refractivity (Wildman–Crippen MR) is 153 cm³/mol. The molecule has 1 aromatic carbocycles. The first kappa shape index (κ1) is 28.6.